The van der Waals surface area contributed by atoms with Crippen molar-refractivity contribution >= 4 is 66.4 Å². The summed E-state index contributed by atoms with van der Waals surface area (Å²) in [7, 11) is 2.01. The number of nitrogens with zero attached hydrogens (tertiary/aromatic N) is 6. The first-order chi connectivity index (χ1) is 18.3. The van der Waals surface area contributed by atoms with Crippen molar-refractivity contribution in [1.82, 2.24) is 4.57 Å². The second kappa shape index (κ2) is 10.4. The number of rotatable bonds is 4. The van der Waals surface area contributed by atoms with Crippen molar-refractivity contribution in [3.8, 4) is 0 Å². The maximum atomic E-state index is 5.02. The van der Waals surface area contributed by atoms with E-state index in [0.29, 0.717) is 11.0 Å². The van der Waals surface area contributed by atoms with Gasteiger partial charge in [0.2, 0.25) is 9.97 Å². The van der Waals surface area contributed by atoms with Gasteiger partial charge in [-0.05, 0) is 60.3 Å². The number of aromatic nitrogens is 1. The van der Waals surface area contributed by atoms with E-state index in [0.717, 1.165) is 32.4 Å². The summed E-state index contributed by atoms with van der Waals surface area (Å²) in [6.07, 6.45) is 0. The van der Waals surface area contributed by atoms with Crippen molar-refractivity contribution in [3.05, 3.63) is 120 Å². The maximum absolute atomic E-state index is 5.02. The van der Waals surface area contributed by atoms with E-state index in [-0.39, 0.29) is 0 Å². The lowest BCUT2D eigenvalue weighted by Gasteiger charge is -2.17. The molecule has 1 saturated heterocycles. The molecule has 1 fully saturated rings. The van der Waals surface area contributed by atoms with E-state index in [1.165, 1.54) is 16.5 Å². The summed E-state index contributed by atoms with van der Waals surface area (Å²) >= 11 is 3.08. The molecule has 1 aromatic heterocycles. The summed E-state index contributed by atoms with van der Waals surface area (Å²) in [5, 5.41) is 10.9. The molecule has 0 amide bonds. The summed E-state index contributed by atoms with van der Waals surface area (Å²) in [6.45, 7) is 0. The number of aliphatic imine (C=N–C) groups is 2. The Labute approximate surface area is 222 Å². The first-order valence-electron chi connectivity index (χ1n) is 11.7. The third-order valence-electron chi connectivity index (χ3n) is 5.71. The number of fused-ring (bicyclic) bond motifs is 1. The minimum atomic E-state index is 0.688. The van der Waals surface area contributed by atoms with Crippen LogP contribution in [0, 0.1) is 0 Å². The van der Waals surface area contributed by atoms with Crippen LogP contribution in [0.3, 0.4) is 0 Å². The fourth-order valence-electron chi connectivity index (χ4n) is 3.92. The van der Waals surface area contributed by atoms with Gasteiger partial charge in [0.25, 0.3) is 0 Å². The second-order valence-electron chi connectivity index (χ2n) is 8.19. The Balaban J connectivity index is 1.53. The summed E-state index contributed by atoms with van der Waals surface area (Å²) < 4.78 is 3.23. The van der Waals surface area contributed by atoms with Crippen LogP contribution in [-0.4, -0.2) is 20.6 Å². The number of thiazole rings is 1. The predicted octanol–water partition coefficient (Wildman–Crippen LogP) is 7.13. The van der Waals surface area contributed by atoms with Gasteiger partial charge in [0.15, 0.2) is 5.84 Å². The molecule has 37 heavy (non-hydrogen) atoms. The van der Waals surface area contributed by atoms with E-state index in [9.17, 15) is 0 Å². The van der Waals surface area contributed by atoms with Crippen molar-refractivity contribution in [1.29, 1.82) is 0 Å². The number of hydrogen-bond acceptors (Lipinski definition) is 6. The number of thioether (sulfide) groups is 1. The highest BCUT2D eigenvalue weighted by Crippen LogP contribution is 2.33. The highest BCUT2D eigenvalue weighted by atomic mass is 32.2. The van der Waals surface area contributed by atoms with Gasteiger partial charge in [-0.2, -0.15) is 0 Å². The van der Waals surface area contributed by atoms with Crippen LogP contribution in [0.25, 0.3) is 10.2 Å². The van der Waals surface area contributed by atoms with Gasteiger partial charge in [-0.3, -0.25) is 4.90 Å². The van der Waals surface area contributed by atoms with Crippen LogP contribution in [0.2, 0.25) is 0 Å². The molecule has 0 bridgehead atoms. The molecule has 2 heterocycles. The zero-order chi connectivity index (χ0) is 25.0. The lowest BCUT2D eigenvalue weighted by Crippen LogP contribution is -2.30. The zero-order valence-electron chi connectivity index (χ0n) is 20.0. The molecule has 0 aliphatic carbocycles. The average Bonchev–Trinajstić information content (AvgIpc) is 3.45. The second-order valence-corrected chi connectivity index (χ2v) is 10.2. The average molecular weight is 519 g/mol. The Hall–Kier alpha value is -4.27. The smallest absolute Gasteiger partial charge is 0.211 e. The van der Waals surface area contributed by atoms with Crippen LogP contribution < -0.4 is 9.70 Å². The van der Waals surface area contributed by atoms with Gasteiger partial charge in [-0.15, -0.1) is 10.2 Å². The third kappa shape index (κ3) is 4.89. The van der Waals surface area contributed by atoms with Gasteiger partial charge in [0, 0.05) is 12.7 Å². The monoisotopic (exact) mass is 518 g/mol. The number of benzene rings is 4. The molecule has 0 N–H and O–H groups in total. The molecule has 0 spiro atoms. The van der Waals surface area contributed by atoms with Gasteiger partial charge >= 0.3 is 0 Å². The quantitative estimate of drug-likeness (QED) is 0.238. The highest BCUT2D eigenvalue weighted by molar-refractivity contribution is 8.29. The largest absolute Gasteiger partial charge is 0.318 e. The van der Waals surface area contributed by atoms with Crippen molar-refractivity contribution in [2.24, 2.45) is 27.2 Å². The first-order valence-corrected chi connectivity index (χ1v) is 13.4. The molecule has 4 aromatic carbocycles. The minimum absolute atomic E-state index is 0.688. The predicted molar refractivity (Wildman–Crippen MR) is 157 cm³/mol. The summed E-state index contributed by atoms with van der Waals surface area (Å²) in [5.41, 5.74) is 3.77. The molecule has 0 radical (unpaired) electrons. The van der Waals surface area contributed by atoms with Gasteiger partial charge in [0.1, 0.15) is 5.04 Å². The number of amidine groups is 2. The SMILES string of the molecule is Cn1/c(=N/N=C2/SC(=Nc3ccccc3)C(=Nc3ccccc3)N2c2ccccc2)sc2ccccc21. The van der Waals surface area contributed by atoms with Crippen molar-refractivity contribution in [2.45, 2.75) is 0 Å². The topological polar surface area (TPSA) is 57.6 Å². The fourth-order valence-corrected chi connectivity index (χ4v) is 5.80. The third-order valence-corrected chi connectivity index (χ3v) is 7.73. The Kier molecular flexibility index (Phi) is 6.49. The molecule has 1 aliphatic rings. The number of anilines is 1. The molecule has 5 aromatic rings. The van der Waals surface area contributed by atoms with Crippen molar-refractivity contribution in [3.63, 3.8) is 0 Å². The van der Waals surface area contributed by atoms with Crippen LogP contribution in [0.15, 0.2) is 135 Å². The van der Waals surface area contributed by atoms with E-state index in [1.807, 2.05) is 115 Å². The number of para-hydroxylation sites is 4. The van der Waals surface area contributed by atoms with Gasteiger partial charge in [-0.25, -0.2) is 9.98 Å². The molecule has 0 atom stereocenters. The zero-order valence-corrected chi connectivity index (χ0v) is 21.6. The van der Waals surface area contributed by atoms with E-state index >= 15 is 0 Å². The van der Waals surface area contributed by atoms with Crippen LogP contribution in [-0.2, 0) is 7.05 Å². The van der Waals surface area contributed by atoms with Crippen molar-refractivity contribution < 1.29 is 0 Å². The van der Waals surface area contributed by atoms with Gasteiger partial charge < -0.3 is 4.57 Å². The summed E-state index contributed by atoms with van der Waals surface area (Å²) in [4.78, 5) is 12.8. The normalized spacial score (nSPS) is 17.5. The highest BCUT2D eigenvalue weighted by Gasteiger charge is 2.35. The molecule has 6 rings (SSSR count). The lowest BCUT2D eigenvalue weighted by molar-refractivity contribution is 0.888. The van der Waals surface area contributed by atoms with Crippen LogP contribution in [0.1, 0.15) is 0 Å². The first kappa shape index (κ1) is 23.1. The Morgan fingerprint density at radius 1 is 0.622 bits per heavy atom. The Morgan fingerprint density at radius 2 is 1.22 bits per heavy atom. The van der Waals surface area contributed by atoms with Crippen LogP contribution >= 0.6 is 23.1 Å². The van der Waals surface area contributed by atoms with E-state index in [2.05, 4.69) is 21.8 Å². The molecular weight excluding hydrogens is 496 g/mol. The Morgan fingerprint density at radius 3 is 1.89 bits per heavy atom. The molecule has 8 heteroatoms. The molecule has 0 unspecified atom stereocenters. The molecule has 0 saturated carbocycles. The van der Waals surface area contributed by atoms with Crippen molar-refractivity contribution in [2.75, 3.05) is 4.90 Å². The molecule has 6 nitrogen and oxygen atoms in total. The van der Waals surface area contributed by atoms with Crippen LogP contribution in [0.5, 0.6) is 0 Å². The summed E-state index contributed by atoms with van der Waals surface area (Å²) in [6, 6.07) is 38.2. The lowest BCUT2D eigenvalue weighted by atomic mass is 10.3. The number of hydrogen-bond donors (Lipinski definition) is 0. The number of aryl methyl sites for hydroxylation is 1. The van der Waals surface area contributed by atoms with Crippen LogP contribution in [0.4, 0.5) is 17.1 Å². The summed E-state index contributed by atoms with van der Waals surface area (Å²) in [5.74, 6) is 0.709. The van der Waals surface area contributed by atoms with Gasteiger partial charge in [-0.1, -0.05) is 78.1 Å². The minimum Gasteiger partial charge on any atom is -0.318 e. The Bertz CT molecular complexity index is 1700. The fraction of sp³-hybridized carbons (Fsp3) is 0.0345. The van der Waals surface area contributed by atoms with E-state index in [1.54, 1.807) is 11.3 Å². The molecule has 180 valence electrons. The maximum Gasteiger partial charge on any atom is 0.211 e. The van der Waals surface area contributed by atoms with E-state index in [4.69, 9.17) is 15.1 Å². The molecule has 1 aliphatic heterocycles. The van der Waals surface area contributed by atoms with E-state index < -0.39 is 0 Å². The standard InChI is InChI=1S/C29H22N6S2/c1-34-24-19-11-12-20-25(24)36-28(34)32-33-29-35(23-17-9-4-10-18-23)26(30-21-13-5-2-6-14-21)27(37-29)31-22-15-7-3-8-16-22/h2-20H,1H3/b30-26?,31-27?,32-28-,33-29+. The van der Waals surface area contributed by atoms with Gasteiger partial charge in [0.05, 0.1) is 21.6 Å². The molecular formula is C29H22N6S2.